The summed E-state index contributed by atoms with van der Waals surface area (Å²) in [5, 5.41) is 15.4. The normalized spacial score (nSPS) is 10.0. The van der Waals surface area contributed by atoms with Crippen molar-refractivity contribution in [1.29, 1.82) is 5.26 Å². The van der Waals surface area contributed by atoms with Crippen molar-refractivity contribution in [3.8, 4) is 17.6 Å². The fourth-order valence-corrected chi connectivity index (χ4v) is 2.68. The molecule has 0 aliphatic rings. The van der Waals surface area contributed by atoms with Gasteiger partial charge in [-0.05, 0) is 48.4 Å². The van der Waals surface area contributed by atoms with Crippen LogP contribution >= 0.6 is 0 Å². The van der Waals surface area contributed by atoms with E-state index in [0.29, 0.717) is 29.6 Å². The van der Waals surface area contributed by atoms with Gasteiger partial charge in [0.1, 0.15) is 5.82 Å². The first-order valence-corrected chi connectivity index (χ1v) is 8.77. The maximum absolute atomic E-state index is 8.99. The highest BCUT2D eigenvalue weighted by molar-refractivity contribution is 5.57. The fourth-order valence-electron chi connectivity index (χ4n) is 2.68. The summed E-state index contributed by atoms with van der Waals surface area (Å²) in [6, 6.07) is 17.0. The first-order chi connectivity index (χ1) is 13.7. The Labute approximate surface area is 164 Å². The highest BCUT2D eigenvalue weighted by Crippen LogP contribution is 2.27. The van der Waals surface area contributed by atoms with E-state index < -0.39 is 0 Å². The van der Waals surface area contributed by atoms with Crippen LogP contribution in [0.2, 0.25) is 0 Å². The fraction of sp³-hybridized carbons (Fsp3) is 0.190. The smallest absolute Gasteiger partial charge is 0.229 e. The zero-order valence-electron chi connectivity index (χ0n) is 15.8. The van der Waals surface area contributed by atoms with Gasteiger partial charge in [0.15, 0.2) is 11.5 Å². The molecule has 0 aliphatic heterocycles. The molecule has 0 spiro atoms. The van der Waals surface area contributed by atoms with Crippen molar-refractivity contribution in [3.63, 3.8) is 0 Å². The summed E-state index contributed by atoms with van der Waals surface area (Å²) in [4.78, 5) is 8.68. The SMILES string of the molecule is COc1ccc(CCNc2ccnc(Nc3cccc(C#N)c3)n2)cc1OC. The van der Waals surface area contributed by atoms with Crippen molar-refractivity contribution in [2.75, 3.05) is 31.4 Å². The molecular formula is C21H21N5O2. The van der Waals surface area contributed by atoms with Crippen LogP contribution in [0.3, 0.4) is 0 Å². The summed E-state index contributed by atoms with van der Waals surface area (Å²) >= 11 is 0. The second-order valence-electron chi connectivity index (χ2n) is 5.95. The summed E-state index contributed by atoms with van der Waals surface area (Å²) in [5.74, 6) is 2.61. The summed E-state index contributed by atoms with van der Waals surface area (Å²) in [6.07, 6.45) is 2.49. The lowest BCUT2D eigenvalue weighted by atomic mass is 10.1. The molecule has 0 saturated heterocycles. The summed E-state index contributed by atoms with van der Waals surface area (Å²) in [6.45, 7) is 0.704. The number of rotatable bonds is 8. The van der Waals surface area contributed by atoms with Crippen molar-refractivity contribution < 1.29 is 9.47 Å². The highest BCUT2D eigenvalue weighted by atomic mass is 16.5. The Kier molecular flexibility index (Phi) is 6.26. The lowest BCUT2D eigenvalue weighted by Crippen LogP contribution is -2.08. The largest absolute Gasteiger partial charge is 0.493 e. The van der Waals surface area contributed by atoms with Crippen molar-refractivity contribution in [2.24, 2.45) is 0 Å². The lowest BCUT2D eigenvalue weighted by Gasteiger charge is -2.11. The average Bonchev–Trinajstić information content (AvgIpc) is 2.74. The molecule has 142 valence electrons. The van der Waals surface area contributed by atoms with Gasteiger partial charge in [0.25, 0.3) is 0 Å². The minimum atomic E-state index is 0.464. The Bertz CT molecular complexity index is 985. The standard InChI is InChI=1S/C21H21N5O2/c1-27-18-7-6-15(13-19(18)28-2)8-10-23-20-9-11-24-21(26-20)25-17-5-3-4-16(12-17)14-22/h3-7,9,11-13H,8,10H2,1-2H3,(H2,23,24,25,26). The van der Waals surface area contributed by atoms with Gasteiger partial charge in [0, 0.05) is 18.4 Å². The number of ether oxygens (including phenoxy) is 2. The van der Waals surface area contributed by atoms with Crippen LogP contribution in [0.25, 0.3) is 0 Å². The van der Waals surface area contributed by atoms with Crippen LogP contribution in [0.15, 0.2) is 54.7 Å². The second kappa shape index (κ2) is 9.24. The number of nitriles is 1. The number of methoxy groups -OCH3 is 2. The summed E-state index contributed by atoms with van der Waals surface area (Å²) in [7, 11) is 3.25. The van der Waals surface area contributed by atoms with Gasteiger partial charge < -0.3 is 20.1 Å². The van der Waals surface area contributed by atoms with E-state index in [0.717, 1.165) is 23.5 Å². The van der Waals surface area contributed by atoms with Crippen LogP contribution in [0.5, 0.6) is 11.5 Å². The summed E-state index contributed by atoms with van der Waals surface area (Å²) in [5.41, 5.74) is 2.47. The number of anilines is 3. The van der Waals surface area contributed by atoms with E-state index in [1.165, 1.54) is 0 Å². The molecule has 3 aromatic rings. The Balaban J connectivity index is 1.60. The highest BCUT2D eigenvalue weighted by Gasteiger charge is 2.05. The maximum atomic E-state index is 8.99. The van der Waals surface area contributed by atoms with E-state index in [9.17, 15) is 0 Å². The van der Waals surface area contributed by atoms with E-state index in [-0.39, 0.29) is 0 Å². The van der Waals surface area contributed by atoms with Crippen LogP contribution in [0.4, 0.5) is 17.5 Å². The Morgan fingerprint density at radius 2 is 1.89 bits per heavy atom. The van der Waals surface area contributed by atoms with Crippen LogP contribution in [0.1, 0.15) is 11.1 Å². The van der Waals surface area contributed by atoms with Crippen molar-refractivity contribution in [2.45, 2.75) is 6.42 Å². The third-order valence-corrected chi connectivity index (χ3v) is 4.07. The van der Waals surface area contributed by atoms with E-state index in [2.05, 4.69) is 26.7 Å². The van der Waals surface area contributed by atoms with Gasteiger partial charge in [0.2, 0.25) is 5.95 Å². The van der Waals surface area contributed by atoms with E-state index in [4.69, 9.17) is 14.7 Å². The maximum Gasteiger partial charge on any atom is 0.229 e. The van der Waals surface area contributed by atoms with Crippen LogP contribution in [-0.2, 0) is 6.42 Å². The quantitative estimate of drug-likeness (QED) is 0.619. The molecule has 0 amide bonds. The van der Waals surface area contributed by atoms with E-state index in [1.54, 1.807) is 32.5 Å². The Hall–Kier alpha value is -3.79. The molecule has 3 rings (SSSR count). The zero-order chi connectivity index (χ0) is 19.8. The van der Waals surface area contributed by atoms with Gasteiger partial charge >= 0.3 is 0 Å². The topological polar surface area (TPSA) is 92.1 Å². The molecule has 0 bridgehead atoms. The molecule has 7 nitrogen and oxygen atoms in total. The van der Waals surface area contributed by atoms with Crippen molar-refractivity contribution in [1.82, 2.24) is 9.97 Å². The van der Waals surface area contributed by atoms with E-state index >= 15 is 0 Å². The van der Waals surface area contributed by atoms with Crippen LogP contribution < -0.4 is 20.1 Å². The van der Waals surface area contributed by atoms with Crippen molar-refractivity contribution >= 4 is 17.5 Å². The average molecular weight is 375 g/mol. The molecule has 7 heteroatoms. The summed E-state index contributed by atoms with van der Waals surface area (Å²) < 4.78 is 10.6. The molecule has 1 heterocycles. The van der Waals surface area contributed by atoms with Gasteiger partial charge in [-0.2, -0.15) is 10.2 Å². The monoisotopic (exact) mass is 375 g/mol. The molecule has 0 atom stereocenters. The van der Waals surface area contributed by atoms with Gasteiger partial charge in [-0.25, -0.2) is 4.98 Å². The molecule has 2 aromatic carbocycles. The number of benzene rings is 2. The molecule has 0 radical (unpaired) electrons. The minimum Gasteiger partial charge on any atom is -0.493 e. The molecule has 0 unspecified atom stereocenters. The first-order valence-electron chi connectivity index (χ1n) is 8.77. The van der Waals surface area contributed by atoms with Gasteiger partial charge in [-0.15, -0.1) is 0 Å². The van der Waals surface area contributed by atoms with Gasteiger partial charge in [-0.3, -0.25) is 0 Å². The molecule has 0 aliphatic carbocycles. The zero-order valence-corrected chi connectivity index (χ0v) is 15.8. The number of hydrogen-bond donors (Lipinski definition) is 2. The molecule has 0 fully saturated rings. The van der Waals surface area contributed by atoms with E-state index in [1.807, 2.05) is 36.4 Å². The number of aromatic nitrogens is 2. The second-order valence-corrected chi connectivity index (χ2v) is 5.95. The number of nitrogens with zero attached hydrogens (tertiary/aromatic N) is 3. The third kappa shape index (κ3) is 4.89. The van der Waals surface area contributed by atoms with Gasteiger partial charge in [0.05, 0.1) is 25.9 Å². The molecule has 28 heavy (non-hydrogen) atoms. The number of nitrogens with one attached hydrogen (secondary N) is 2. The molecular weight excluding hydrogens is 354 g/mol. The Morgan fingerprint density at radius 1 is 1.04 bits per heavy atom. The molecule has 2 N–H and O–H groups in total. The molecule has 0 saturated carbocycles. The molecule has 1 aromatic heterocycles. The first kappa shape index (κ1) is 19.0. The van der Waals surface area contributed by atoms with Crippen LogP contribution in [-0.4, -0.2) is 30.7 Å². The minimum absolute atomic E-state index is 0.464. The van der Waals surface area contributed by atoms with Crippen LogP contribution in [0, 0.1) is 11.3 Å². The van der Waals surface area contributed by atoms with Gasteiger partial charge in [-0.1, -0.05) is 12.1 Å². The Morgan fingerprint density at radius 3 is 2.68 bits per heavy atom. The predicted octanol–water partition coefficient (Wildman–Crippen LogP) is 3.76. The number of hydrogen-bond acceptors (Lipinski definition) is 7. The predicted molar refractivity (Wildman–Crippen MR) is 108 cm³/mol. The van der Waals surface area contributed by atoms with Crippen molar-refractivity contribution in [3.05, 3.63) is 65.9 Å². The lowest BCUT2D eigenvalue weighted by molar-refractivity contribution is 0.354. The third-order valence-electron chi connectivity index (χ3n) is 4.07.